The third-order valence-corrected chi connectivity index (χ3v) is 3.23. The molecule has 0 aliphatic rings. The molecule has 1 heterocycles. The molecule has 0 fully saturated rings. The molecule has 19 heavy (non-hydrogen) atoms. The molecule has 100 valence electrons. The van der Waals surface area contributed by atoms with Gasteiger partial charge in [0.2, 0.25) is 0 Å². The van der Waals surface area contributed by atoms with E-state index in [9.17, 15) is 4.79 Å². The van der Waals surface area contributed by atoms with Crippen LogP contribution in [-0.4, -0.2) is 22.3 Å². The molecule has 0 radical (unpaired) electrons. The van der Waals surface area contributed by atoms with Crippen LogP contribution in [0.4, 0.5) is 0 Å². The number of nitrogens with zero attached hydrogens (tertiary/aromatic N) is 2. The topological polar surface area (TPSA) is 44.1 Å². The fourth-order valence-electron chi connectivity index (χ4n) is 1.86. The van der Waals surface area contributed by atoms with Gasteiger partial charge in [0.1, 0.15) is 5.75 Å². The maximum absolute atomic E-state index is 12.0. The molecule has 0 unspecified atom stereocenters. The van der Waals surface area contributed by atoms with Crippen LogP contribution in [0.25, 0.3) is 0 Å². The average Bonchev–Trinajstić information content (AvgIpc) is 2.67. The lowest BCUT2D eigenvalue weighted by molar-refractivity contribution is 0.0817. The van der Waals surface area contributed by atoms with Gasteiger partial charge in [0.15, 0.2) is 6.61 Å². The number of halogens is 1. The number of carbonyl (C=O) groups excluding carboxylic acids is 1. The molecule has 0 atom stereocenters. The minimum absolute atomic E-state index is 0.0234. The van der Waals surface area contributed by atoms with Gasteiger partial charge in [0.05, 0.1) is 5.69 Å². The van der Waals surface area contributed by atoms with Crippen molar-refractivity contribution in [2.45, 2.75) is 20.8 Å². The lowest BCUT2D eigenvalue weighted by Crippen LogP contribution is -2.21. The monoisotopic (exact) mass is 322 g/mol. The minimum Gasteiger partial charge on any atom is -0.483 e. The molecule has 1 aromatic carbocycles. The molecule has 0 aliphatic carbocycles. The maximum Gasteiger partial charge on any atom is 0.284 e. The summed E-state index contributed by atoms with van der Waals surface area (Å²) in [5.41, 5.74) is 2.62. The third-order valence-electron chi connectivity index (χ3n) is 2.73. The number of hydrogen-bond acceptors (Lipinski definition) is 3. The summed E-state index contributed by atoms with van der Waals surface area (Å²) >= 11 is 3.39. The van der Waals surface area contributed by atoms with Gasteiger partial charge in [-0.25, -0.2) is 4.68 Å². The Labute approximate surface area is 120 Å². The van der Waals surface area contributed by atoms with E-state index in [1.165, 1.54) is 4.68 Å². The smallest absolute Gasteiger partial charge is 0.284 e. The van der Waals surface area contributed by atoms with Gasteiger partial charge < -0.3 is 4.74 Å². The second kappa shape index (κ2) is 5.57. The molecule has 2 aromatic rings. The Hall–Kier alpha value is -1.62. The molecule has 0 amide bonds. The van der Waals surface area contributed by atoms with Crippen molar-refractivity contribution in [1.82, 2.24) is 9.78 Å². The normalized spacial score (nSPS) is 10.5. The van der Waals surface area contributed by atoms with Crippen LogP contribution in [0, 0.1) is 20.8 Å². The first-order valence-corrected chi connectivity index (χ1v) is 6.72. The zero-order valence-corrected chi connectivity index (χ0v) is 12.7. The SMILES string of the molecule is Cc1cc(C)n(C(=O)COc2ccc(Br)cc2C)n1. The first-order valence-electron chi connectivity index (χ1n) is 5.93. The summed E-state index contributed by atoms with van der Waals surface area (Å²) in [5.74, 6) is 0.533. The summed E-state index contributed by atoms with van der Waals surface area (Å²) in [6.45, 7) is 5.62. The van der Waals surface area contributed by atoms with Crippen molar-refractivity contribution in [1.29, 1.82) is 0 Å². The second-order valence-corrected chi connectivity index (χ2v) is 5.35. The van der Waals surface area contributed by atoms with Crippen LogP contribution >= 0.6 is 15.9 Å². The Bertz CT molecular complexity index is 620. The lowest BCUT2D eigenvalue weighted by Gasteiger charge is -2.09. The third kappa shape index (κ3) is 3.23. The quantitative estimate of drug-likeness (QED) is 0.871. The summed E-state index contributed by atoms with van der Waals surface area (Å²) in [6.07, 6.45) is 0. The number of benzene rings is 1. The summed E-state index contributed by atoms with van der Waals surface area (Å²) < 4.78 is 7.91. The van der Waals surface area contributed by atoms with Gasteiger partial charge in [-0.3, -0.25) is 4.79 Å². The highest BCUT2D eigenvalue weighted by molar-refractivity contribution is 9.10. The molecule has 0 spiro atoms. The van der Waals surface area contributed by atoms with Crippen molar-refractivity contribution in [2.75, 3.05) is 6.61 Å². The highest BCUT2D eigenvalue weighted by atomic mass is 79.9. The molecule has 0 bridgehead atoms. The van der Waals surface area contributed by atoms with Crippen molar-refractivity contribution in [2.24, 2.45) is 0 Å². The van der Waals surface area contributed by atoms with E-state index in [1.807, 2.05) is 45.0 Å². The molecule has 0 N–H and O–H groups in total. The van der Waals surface area contributed by atoms with E-state index < -0.39 is 0 Å². The Balaban J connectivity index is 2.06. The van der Waals surface area contributed by atoms with Gasteiger partial charge in [-0.1, -0.05) is 15.9 Å². The van der Waals surface area contributed by atoms with Gasteiger partial charge in [0.25, 0.3) is 5.91 Å². The standard InChI is InChI=1S/C14H15BrN2O2/c1-9-6-12(15)4-5-13(9)19-8-14(18)17-11(3)7-10(2)16-17/h4-7H,8H2,1-3H3. The molecular weight excluding hydrogens is 308 g/mol. The van der Waals surface area contributed by atoms with Crippen LogP contribution in [0.15, 0.2) is 28.7 Å². The molecule has 2 rings (SSSR count). The van der Waals surface area contributed by atoms with Gasteiger partial charge >= 0.3 is 0 Å². The summed E-state index contributed by atoms with van der Waals surface area (Å²) in [4.78, 5) is 12.0. The van der Waals surface area contributed by atoms with Crippen LogP contribution in [-0.2, 0) is 0 Å². The fraction of sp³-hybridized carbons (Fsp3) is 0.286. The van der Waals surface area contributed by atoms with Crippen molar-refractivity contribution in [3.05, 3.63) is 45.7 Å². The highest BCUT2D eigenvalue weighted by Crippen LogP contribution is 2.22. The van der Waals surface area contributed by atoms with Crippen LogP contribution in [0.2, 0.25) is 0 Å². The van der Waals surface area contributed by atoms with Gasteiger partial charge in [-0.2, -0.15) is 5.10 Å². The highest BCUT2D eigenvalue weighted by Gasteiger charge is 2.11. The lowest BCUT2D eigenvalue weighted by atomic mass is 10.2. The molecule has 0 aliphatic heterocycles. The number of carbonyl (C=O) groups is 1. The number of rotatable bonds is 3. The number of ether oxygens (including phenoxy) is 1. The molecule has 1 aromatic heterocycles. The van der Waals surface area contributed by atoms with Crippen molar-refractivity contribution in [3.63, 3.8) is 0 Å². The van der Waals surface area contributed by atoms with E-state index in [-0.39, 0.29) is 12.5 Å². The van der Waals surface area contributed by atoms with Crippen molar-refractivity contribution < 1.29 is 9.53 Å². The summed E-state index contributed by atoms with van der Waals surface area (Å²) in [7, 11) is 0. The van der Waals surface area contributed by atoms with E-state index in [2.05, 4.69) is 21.0 Å². The Morgan fingerprint density at radius 3 is 2.63 bits per heavy atom. The average molecular weight is 323 g/mol. The first kappa shape index (κ1) is 13.8. The van der Waals surface area contributed by atoms with E-state index >= 15 is 0 Å². The van der Waals surface area contributed by atoms with Crippen LogP contribution in [0.5, 0.6) is 5.75 Å². The van der Waals surface area contributed by atoms with Crippen LogP contribution in [0.1, 0.15) is 21.7 Å². The zero-order chi connectivity index (χ0) is 14.0. The van der Waals surface area contributed by atoms with E-state index in [0.717, 1.165) is 21.4 Å². The number of hydrogen-bond donors (Lipinski definition) is 0. The van der Waals surface area contributed by atoms with E-state index in [4.69, 9.17) is 4.74 Å². The van der Waals surface area contributed by atoms with Gasteiger partial charge in [-0.15, -0.1) is 0 Å². The van der Waals surface area contributed by atoms with Crippen LogP contribution < -0.4 is 4.74 Å². The fourth-order valence-corrected chi connectivity index (χ4v) is 2.33. The van der Waals surface area contributed by atoms with Crippen molar-refractivity contribution in [3.8, 4) is 5.75 Å². The maximum atomic E-state index is 12.0. The number of aryl methyl sites for hydroxylation is 3. The number of aromatic nitrogens is 2. The Morgan fingerprint density at radius 1 is 1.32 bits per heavy atom. The molecule has 4 nitrogen and oxygen atoms in total. The predicted octanol–water partition coefficient (Wildman–Crippen LogP) is 3.29. The predicted molar refractivity (Wildman–Crippen MR) is 76.7 cm³/mol. The van der Waals surface area contributed by atoms with E-state index in [0.29, 0.717) is 5.75 Å². The minimum atomic E-state index is -0.173. The Kier molecular flexibility index (Phi) is 4.04. The second-order valence-electron chi connectivity index (χ2n) is 4.43. The first-order chi connectivity index (χ1) is 8.97. The Morgan fingerprint density at radius 2 is 2.05 bits per heavy atom. The van der Waals surface area contributed by atoms with Gasteiger partial charge in [-0.05, 0) is 50.6 Å². The molecule has 0 saturated carbocycles. The van der Waals surface area contributed by atoms with E-state index in [1.54, 1.807) is 0 Å². The summed E-state index contributed by atoms with van der Waals surface area (Å²) in [6, 6.07) is 7.54. The summed E-state index contributed by atoms with van der Waals surface area (Å²) in [5, 5.41) is 4.14. The molecule has 0 saturated heterocycles. The molecule has 5 heteroatoms. The van der Waals surface area contributed by atoms with Gasteiger partial charge in [0, 0.05) is 10.2 Å². The largest absolute Gasteiger partial charge is 0.483 e. The van der Waals surface area contributed by atoms with Crippen molar-refractivity contribution >= 4 is 21.8 Å². The van der Waals surface area contributed by atoms with Crippen LogP contribution in [0.3, 0.4) is 0 Å². The zero-order valence-electron chi connectivity index (χ0n) is 11.1. The molecular formula is C14H15BrN2O2.